The van der Waals surface area contributed by atoms with Crippen LogP contribution >= 0.6 is 0 Å². The largest absolute Gasteiger partial charge is 0.489 e. The van der Waals surface area contributed by atoms with E-state index in [1.54, 1.807) is 24.3 Å². The molecule has 2 aliphatic heterocycles. The molecular formula is C34H40N4O7. The molecule has 11 heteroatoms. The van der Waals surface area contributed by atoms with Gasteiger partial charge in [0.1, 0.15) is 24.1 Å². The highest BCUT2D eigenvalue weighted by Crippen LogP contribution is 2.64. The fourth-order valence-electron chi connectivity index (χ4n) is 6.73. The summed E-state index contributed by atoms with van der Waals surface area (Å²) in [5.74, 6) is -1.83. The van der Waals surface area contributed by atoms with E-state index in [0.29, 0.717) is 37.6 Å². The molecule has 0 spiro atoms. The summed E-state index contributed by atoms with van der Waals surface area (Å²) in [4.78, 5) is 67.0. The van der Waals surface area contributed by atoms with Crippen LogP contribution in [-0.2, 0) is 30.6 Å². The van der Waals surface area contributed by atoms with E-state index in [4.69, 9.17) is 9.47 Å². The Hall–Kier alpha value is -4.41. The van der Waals surface area contributed by atoms with Crippen LogP contribution in [0.1, 0.15) is 45.1 Å². The third-order valence-electron chi connectivity index (χ3n) is 9.68. The molecule has 238 valence electrons. The lowest BCUT2D eigenvalue weighted by Gasteiger charge is -2.31. The number of piperidine rings is 1. The molecule has 2 aliphatic carbocycles. The first-order valence-corrected chi connectivity index (χ1v) is 15.7. The summed E-state index contributed by atoms with van der Waals surface area (Å²) < 4.78 is 11.6. The number of amides is 4. The van der Waals surface area contributed by atoms with E-state index >= 15 is 0 Å². The van der Waals surface area contributed by atoms with Gasteiger partial charge in [0.2, 0.25) is 17.6 Å². The maximum absolute atomic E-state index is 13.8. The standard InChI is InChI=1S/C34H40N4O7/c1-34(2)25-17-38(27(39)19-45-24-12-10-23(11-13-24)44-18-20-6-4-3-5-7-20)29(28(25)34)32(42)37-26(16-21-14-15-35-31(21)41)30(40)33(43)36-22-8-9-22/h3-7,10-13,21-22,25-26,28-29H,8-9,14-19H2,1-2H3,(H,35,41)(H,36,43)(H,37,42)/t21-,25-,26-,28-,29-/m0/s1. The molecule has 0 radical (unpaired) electrons. The molecule has 6 rings (SSSR count). The first-order chi connectivity index (χ1) is 21.6. The van der Waals surface area contributed by atoms with Crippen LogP contribution in [0.4, 0.5) is 0 Å². The van der Waals surface area contributed by atoms with Gasteiger partial charge in [0.05, 0.1) is 6.04 Å². The molecule has 4 aliphatic rings. The Bertz CT molecular complexity index is 1460. The van der Waals surface area contributed by atoms with Crippen LogP contribution in [-0.4, -0.2) is 72.1 Å². The van der Waals surface area contributed by atoms with Crippen molar-refractivity contribution in [1.29, 1.82) is 0 Å². The highest BCUT2D eigenvalue weighted by molar-refractivity contribution is 6.38. The van der Waals surface area contributed by atoms with E-state index in [2.05, 4.69) is 29.8 Å². The number of hydrogen-bond acceptors (Lipinski definition) is 7. The van der Waals surface area contributed by atoms with Crippen molar-refractivity contribution in [3.63, 3.8) is 0 Å². The normalized spacial score (nSPS) is 25.0. The monoisotopic (exact) mass is 616 g/mol. The molecule has 2 heterocycles. The van der Waals surface area contributed by atoms with Gasteiger partial charge in [-0.3, -0.25) is 24.0 Å². The van der Waals surface area contributed by atoms with Crippen LogP contribution in [0.3, 0.4) is 0 Å². The summed E-state index contributed by atoms with van der Waals surface area (Å²) in [5.41, 5.74) is 0.902. The molecule has 2 aromatic carbocycles. The lowest BCUT2D eigenvalue weighted by molar-refractivity contribution is -0.144. The van der Waals surface area contributed by atoms with Crippen molar-refractivity contribution in [2.75, 3.05) is 19.7 Å². The van der Waals surface area contributed by atoms with E-state index in [9.17, 15) is 24.0 Å². The number of fused-ring (bicyclic) bond motifs is 1. The smallest absolute Gasteiger partial charge is 0.289 e. The van der Waals surface area contributed by atoms with Gasteiger partial charge in [-0.25, -0.2) is 0 Å². The third kappa shape index (κ3) is 6.82. The lowest BCUT2D eigenvalue weighted by Crippen LogP contribution is -2.56. The second-order valence-electron chi connectivity index (χ2n) is 13.2. The van der Waals surface area contributed by atoms with E-state index in [0.717, 1.165) is 18.4 Å². The first-order valence-electron chi connectivity index (χ1n) is 15.7. The third-order valence-corrected chi connectivity index (χ3v) is 9.68. The number of nitrogens with zero attached hydrogens (tertiary/aromatic N) is 1. The zero-order valence-electron chi connectivity index (χ0n) is 25.6. The van der Waals surface area contributed by atoms with Crippen LogP contribution in [0.15, 0.2) is 54.6 Å². The summed E-state index contributed by atoms with van der Waals surface area (Å²) in [7, 11) is 0. The lowest BCUT2D eigenvalue weighted by atomic mass is 9.94. The zero-order valence-corrected chi connectivity index (χ0v) is 25.6. The number of carbonyl (C=O) groups excluding carboxylic acids is 5. The number of ketones is 1. The van der Waals surface area contributed by atoms with Gasteiger partial charge in [-0.2, -0.15) is 0 Å². The maximum Gasteiger partial charge on any atom is 0.289 e. The number of likely N-dealkylation sites (tertiary alicyclic amines) is 1. The average Bonchev–Trinajstić information content (AvgIpc) is 3.80. The van der Waals surface area contributed by atoms with Gasteiger partial charge < -0.3 is 30.3 Å². The molecule has 0 unspecified atom stereocenters. The quantitative estimate of drug-likeness (QED) is 0.292. The van der Waals surface area contributed by atoms with E-state index < -0.39 is 35.6 Å². The number of hydrogen-bond donors (Lipinski definition) is 3. The van der Waals surface area contributed by atoms with Gasteiger partial charge in [-0.05, 0) is 72.8 Å². The molecule has 0 aromatic heterocycles. The molecule has 2 aromatic rings. The molecular weight excluding hydrogens is 576 g/mol. The van der Waals surface area contributed by atoms with Crippen molar-refractivity contribution in [1.82, 2.24) is 20.9 Å². The molecule has 0 bridgehead atoms. The summed E-state index contributed by atoms with van der Waals surface area (Å²) in [6.07, 6.45) is 2.17. The SMILES string of the molecule is CC1(C)[C@@H]2[C@@H](C(=O)N[C@@H](C[C@@H]3CCNC3=O)C(=O)C(=O)NC3CC3)N(C(=O)COc3ccc(OCc4ccccc4)cc3)C[C@@H]21. The molecule has 4 fully saturated rings. The van der Waals surface area contributed by atoms with Crippen molar-refractivity contribution >= 4 is 29.4 Å². The summed E-state index contributed by atoms with van der Waals surface area (Å²) in [6, 6.07) is 14.8. The number of carbonyl (C=O) groups is 5. The molecule has 11 nitrogen and oxygen atoms in total. The van der Waals surface area contributed by atoms with Gasteiger partial charge in [0.25, 0.3) is 11.8 Å². The summed E-state index contributed by atoms with van der Waals surface area (Å²) >= 11 is 0. The van der Waals surface area contributed by atoms with Crippen molar-refractivity contribution in [3.05, 3.63) is 60.2 Å². The van der Waals surface area contributed by atoms with Crippen LogP contribution < -0.4 is 25.4 Å². The Kier molecular flexibility index (Phi) is 8.52. The second-order valence-corrected chi connectivity index (χ2v) is 13.2. The van der Waals surface area contributed by atoms with E-state index in [1.165, 1.54) is 4.90 Å². The highest BCUT2D eigenvalue weighted by atomic mass is 16.5. The first kappa shape index (κ1) is 30.6. The number of rotatable bonds is 13. The van der Waals surface area contributed by atoms with E-state index in [1.807, 2.05) is 30.3 Å². The van der Waals surface area contributed by atoms with Crippen LogP contribution in [0, 0.1) is 23.2 Å². The Morgan fingerprint density at radius 3 is 2.31 bits per heavy atom. The number of ether oxygens (including phenoxy) is 2. The minimum absolute atomic E-state index is 0.0263. The Labute approximate surface area is 262 Å². The fraction of sp³-hybridized carbons (Fsp3) is 0.500. The predicted octanol–water partition coefficient (Wildman–Crippen LogP) is 1.99. The van der Waals surface area contributed by atoms with Crippen molar-refractivity contribution in [2.24, 2.45) is 23.2 Å². The summed E-state index contributed by atoms with van der Waals surface area (Å²) in [5, 5.41) is 8.22. The van der Waals surface area contributed by atoms with Crippen LogP contribution in [0.25, 0.3) is 0 Å². The summed E-state index contributed by atoms with van der Waals surface area (Å²) in [6.45, 7) is 5.19. The van der Waals surface area contributed by atoms with Crippen molar-refractivity contribution < 1.29 is 33.4 Å². The number of Topliss-reactive ketones (excluding diaryl/α,β-unsaturated/α-hetero) is 1. The zero-order chi connectivity index (χ0) is 31.7. The predicted molar refractivity (Wildman–Crippen MR) is 163 cm³/mol. The minimum atomic E-state index is -1.16. The average molecular weight is 617 g/mol. The van der Waals surface area contributed by atoms with Crippen LogP contribution in [0.2, 0.25) is 0 Å². The highest BCUT2D eigenvalue weighted by Gasteiger charge is 2.69. The molecule has 4 amide bonds. The van der Waals surface area contributed by atoms with Gasteiger partial charge in [-0.15, -0.1) is 0 Å². The molecule has 5 atom stereocenters. The molecule has 3 N–H and O–H groups in total. The van der Waals surface area contributed by atoms with Gasteiger partial charge in [0, 0.05) is 25.0 Å². The van der Waals surface area contributed by atoms with Crippen molar-refractivity contribution in [2.45, 2.75) is 64.3 Å². The topological polar surface area (TPSA) is 143 Å². The minimum Gasteiger partial charge on any atom is -0.489 e. The van der Waals surface area contributed by atoms with Gasteiger partial charge >= 0.3 is 0 Å². The van der Waals surface area contributed by atoms with Crippen molar-refractivity contribution in [3.8, 4) is 11.5 Å². The Balaban J connectivity index is 1.09. The molecule has 45 heavy (non-hydrogen) atoms. The van der Waals surface area contributed by atoms with Gasteiger partial charge in [-0.1, -0.05) is 44.2 Å². The fourth-order valence-corrected chi connectivity index (χ4v) is 6.73. The Morgan fingerprint density at radius 2 is 1.67 bits per heavy atom. The number of benzene rings is 2. The van der Waals surface area contributed by atoms with Gasteiger partial charge in [0.15, 0.2) is 6.61 Å². The molecule has 2 saturated carbocycles. The maximum atomic E-state index is 13.8. The van der Waals surface area contributed by atoms with E-state index in [-0.39, 0.29) is 48.1 Å². The molecule has 2 saturated heterocycles. The number of nitrogens with one attached hydrogen (secondary N) is 3. The Morgan fingerprint density at radius 1 is 0.978 bits per heavy atom. The second kappa shape index (κ2) is 12.5. The van der Waals surface area contributed by atoms with Crippen LogP contribution in [0.5, 0.6) is 11.5 Å².